The van der Waals surface area contributed by atoms with E-state index in [1.807, 2.05) is 30.9 Å². The van der Waals surface area contributed by atoms with E-state index in [2.05, 4.69) is 5.32 Å². The summed E-state index contributed by atoms with van der Waals surface area (Å²) in [6.07, 6.45) is 2.15. The summed E-state index contributed by atoms with van der Waals surface area (Å²) in [5, 5.41) is 3.07. The van der Waals surface area contributed by atoms with Gasteiger partial charge in [0.2, 0.25) is 5.91 Å². The highest BCUT2D eigenvalue weighted by atomic mass is 16.5. The van der Waals surface area contributed by atoms with Crippen molar-refractivity contribution in [2.24, 2.45) is 5.92 Å². The zero-order valence-corrected chi connectivity index (χ0v) is 14.2. The Balaban J connectivity index is 1.89. The van der Waals surface area contributed by atoms with Crippen LogP contribution in [-0.4, -0.2) is 43.0 Å². The van der Waals surface area contributed by atoms with Gasteiger partial charge in [-0.05, 0) is 30.9 Å². The molecular formula is C18H26N2O3. The van der Waals surface area contributed by atoms with Crippen molar-refractivity contribution in [3.8, 4) is 5.75 Å². The van der Waals surface area contributed by atoms with Gasteiger partial charge < -0.3 is 15.0 Å². The van der Waals surface area contributed by atoms with E-state index >= 15 is 0 Å². The van der Waals surface area contributed by atoms with Gasteiger partial charge in [-0.25, -0.2) is 0 Å². The lowest BCUT2D eigenvalue weighted by Gasteiger charge is -2.32. The molecule has 0 radical (unpaired) electrons. The van der Waals surface area contributed by atoms with Crippen molar-refractivity contribution in [3.63, 3.8) is 0 Å². The number of likely N-dealkylation sites (tertiary alicyclic amines) is 1. The van der Waals surface area contributed by atoms with E-state index in [1.54, 1.807) is 19.2 Å². The SMILES string of the molecule is COc1ccccc1C(=O)N1CCC(NC(=O)CC(C)C)CC1. The normalized spacial score (nSPS) is 15.6. The van der Waals surface area contributed by atoms with E-state index in [0.717, 1.165) is 12.8 Å². The maximum Gasteiger partial charge on any atom is 0.257 e. The predicted molar refractivity (Wildman–Crippen MR) is 89.5 cm³/mol. The Bertz CT molecular complexity index is 549. The molecule has 0 aliphatic carbocycles. The number of ether oxygens (including phenoxy) is 1. The fourth-order valence-corrected chi connectivity index (χ4v) is 2.88. The fourth-order valence-electron chi connectivity index (χ4n) is 2.88. The van der Waals surface area contributed by atoms with Gasteiger partial charge in [0.15, 0.2) is 0 Å². The smallest absolute Gasteiger partial charge is 0.257 e. The van der Waals surface area contributed by atoms with E-state index in [9.17, 15) is 9.59 Å². The van der Waals surface area contributed by atoms with Crippen molar-refractivity contribution in [3.05, 3.63) is 29.8 Å². The van der Waals surface area contributed by atoms with Gasteiger partial charge >= 0.3 is 0 Å². The molecule has 1 aliphatic rings. The van der Waals surface area contributed by atoms with Crippen LogP contribution < -0.4 is 10.1 Å². The van der Waals surface area contributed by atoms with Crippen molar-refractivity contribution >= 4 is 11.8 Å². The van der Waals surface area contributed by atoms with Gasteiger partial charge in [0, 0.05) is 25.6 Å². The molecule has 0 atom stereocenters. The first-order chi connectivity index (χ1) is 11.0. The van der Waals surface area contributed by atoms with Crippen LogP contribution in [0.2, 0.25) is 0 Å². The van der Waals surface area contributed by atoms with Crippen LogP contribution >= 0.6 is 0 Å². The number of benzene rings is 1. The molecule has 126 valence electrons. The molecule has 2 amide bonds. The number of nitrogens with zero attached hydrogens (tertiary/aromatic N) is 1. The number of carbonyl (C=O) groups excluding carboxylic acids is 2. The lowest BCUT2D eigenvalue weighted by molar-refractivity contribution is -0.122. The molecule has 1 heterocycles. The van der Waals surface area contributed by atoms with Crippen LogP contribution in [0.1, 0.15) is 43.5 Å². The summed E-state index contributed by atoms with van der Waals surface area (Å²) in [6, 6.07) is 7.45. The Hall–Kier alpha value is -2.04. The third kappa shape index (κ3) is 4.71. The number of piperidine rings is 1. The molecule has 0 saturated carbocycles. The summed E-state index contributed by atoms with van der Waals surface area (Å²) >= 11 is 0. The third-order valence-corrected chi connectivity index (χ3v) is 4.08. The molecule has 1 aromatic carbocycles. The molecule has 0 unspecified atom stereocenters. The minimum absolute atomic E-state index is 0.00518. The van der Waals surface area contributed by atoms with Crippen LogP contribution in [0.5, 0.6) is 5.75 Å². The van der Waals surface area contributed by atoms with Gasteiger partial charge in [0.25, 0.3) is 5.91 Å². The molecule has 1 aromatic rings. The highest BCUT2D eigenvalue weighted by Crippen LogP contribution is 2.21. The first kappa shape index (κ1) is 17.3. The summed E-state index contributed by atoms with van der Waals surface area (Å²) in [5.41, 5.74) is 0.595. The number of rotatable bonds is 5. The molecule has 0 bridgehead atoms. The van der Waals surface area contributed by atoms with Gasteiger partial charge in [-0.3, -0.25) is 9.59 Å². The average Bonchev–Trinajstić information content (AvgIpc) is 2.54. The van der Waals surface area contributed by atoms with Crippen molar-refractivity contribution in [2.45, 2.75) is 39.2 Å². The number of para-hydroxylation sites is 1. The second kappa shape index (κ2) is 7.99. The maximum absolute atomic E-state index is 12.6. The minimum Gasteiger partial charge on any atom is -0.496 e. The second-order valence-corrected chi connectivity index (χ2v) is 6.43. The number of hydrogen-bond acceptors (Lipinski definition) is 3. The molecule has 0 aromatic heterocycles. The molecule has 1 N–H and O–H groups in total. The van der Waals surface area contributed by atoms with Crippen molar-refractivity contribution in [2.75, 3.05) is 20.2 Å². The Morgan fingerprint density at radius 2 is 1.91 bits per heavy atom. The molecule has 5 nitrogen and oxygen atoms in total. The van der Waals surface area contributed by atoms with Crippen molar-refractivity contribution < 1.29 is 14.3 Å². The molecule has 0 spiro atoms. The van der Waals surface area contributed by atoms with Crippen LogP contribution in [0.15, 0.2) is 24.3 Å². The monoisotopic (exact) mass is 318 g/mol. The zero-order valence-electron chi connectivity index (χ0n) is 14.2. The van der Waals surface area contributed by atoms with Crippen LogP contribution in [0.25, 0.3) is 0 Å². The number of carbonyl (C=O) groups is 2. The molecule has 2 rings (SSSR count). The lowest BCUT2D eigenvalue weighted by Crippen LogP contribution is -2.46. The van der Waals surface area contributed by atoms with Crippen LogP contribution in [0, 0.1) is 5.92 Å². The average molecular weight is 318 g/mol. The third-order valence-electron chi connectivity index (χ3n) is 4.08. The van der Waals surface area contributed by atoms with Gasteiger partial charge in [-0.15, -0.1) is 0 Å². The molecule has 1 aliphatic heterocycles. The van der Waals surface area contributed by atoms with Gasteiger partial charge in [-0.1, -0.05) is 26.0 Å². The fraction of sp³-hybridized carbons (Fsp3) is 0.556. The first-order valence-corrected chi connectivity index (χ1v) is 8.23. The number of nitrogens with one attached hydrogen (secondary N) is 1. The van der Waals surface area contributed by atoms with Crippen LogP contribution in [0.3, 0.4) is 0 Å². The minimum atomic E-state index is -0.00518. The molecule has 1 fully saturated rings. The van der Waals surface area contributed by atoms with Gasteiger partial charge in [0.05, 0.1) is 12.7 Å². The van der Waals surface area contributed by atoms with E-state index in [1.165, 1.54) is 0 Å². The highest BCUT2D eigenvalue weighted by Gasteiger charge is 2.26. The predicted octanol–water partition coefficient (Wildman–Crippen LogP) is 2.46. The largest absolute Gasteiger partial charge is 0.496 e. The number of methoxy groups -OCH3 is 1. The van der Waals surface area contributed by atoms with Gasteiger partial charge in [0.1, 0.15) is 5.75 Å². The summed E-state index contributed by atoms with van der Waals surface area (Å²) in [6.45, 7) is 5.38. The zero-order chi connectivity index (χ0) is 16.8. The van der Waals surface area contributed by atoms with Crippen molar-refractivity contribution in [1.29, 1.82) is 0 Å². The Morgan fingerprint density at radius 3 is 2.52 bits per heavy atom. The molecule has 5 heteroatoms. The standard InChI is InChI=1S/C18H26N2O3/c1-13(2)12-17(21)19-14-8-10-20(11-9-14)18(22)15-6-4-5-7-16(15)23-3/h4-7,13-14H,8-12H2,1-3H3,(H,19,21). The molecular weight excluding hydrogens is 292 g/mol. The molecule has 23 heavy (non-hydrogen) atoms. The first-order valence-electron chi connectivity index (χ1n) is 8.23. The summed E-state index contributed by atoms with van der Waals surface area (Å²) < 4.78 is 5.26. The summed E-state index contributed by atoms with van der Waals surface area (Å²) in [5.74, 6) is 1.07. The number of amides is 2. The lowest BCUT2D eigenvalue weighted by atomic mass is 10.0. The Kier molecular flexibility index (Phi) is 6.02. The second-order valence-electron chi connectivity index (χ2n) is 6.43. The Morgan fingerprint density at radius 1 is 1.26 bits per heavy atom. The van der Waals surface area contributed by atoms with Crippen molar-refractivity contribution in [1.82, 2.24) is 10.2 Å². The quantitative estimate of drug-likeness (QED) is 0.907. The van der Waals surface area contributed by atoms with E-state index in [-0.39, 0.29) is 17.9 Å². The topological polar surface area (TPSA) is 58.6 Å². The van der Waals surface area contributed by atoms with Crippen LogP contribution in [-0.2, 0) is 4.79 Å². The maximum atomic E-state index is 12.6. The molecule has 1 saturated heterocycles. The van der Waals surface area contributed by atoms with E-state index < -0.39 is 0 Å². The Labute approximate surface area is 138 Å². The van der Waals surface area contributed by atoms with Gasteiger partial charge in [-0.2, -0.15) is 0 Å². The number of hydrogen-bond donors (Lipinski definition) is 1. The summed E-state index contributed by atoms with van der Waals surface area (Å²) in [4.78, 5) is 26.3. The highest BCUT2D eigenvalue weighted by molar-refractivity contribution is 5.97. The van der Waals surface area contributed by atoms with E-state index in [0.29, 0.717) is 36.7 Å². The summed E-state index contributed by atoms with van der Waals surface area (Å²) in [7, 11) is 1.57. The van der Waals surface area contributed by atoms with E-state index in [4.69, 9.17) is 4.74 Å². The van der Waals surface area contributed by atoms with Crippen LogP contribution in [0.4, 0.5) is 0 Å².